The quantitative estimate of drug-likeness (QED) is 0.414. The molecule has 0 unspecified atom stereocenters. The number of methoxy groups -OCH3 is 1. The van der Waals surface area contributed by atoms with Crippen LogP contribution in [0.3, 0.4) is 0 Å². The van der Waals surface area contributed by atoms with E-state index in [0.717, 1.165) is 11.1 Å². The number of ether oxygens (including phenoxy) is 2. The van der Waals surface area contributed by atoms with Crippen molar-refractivity contribution in [2.75, 3.05) is 7.11 Å². The van der Waals surface area contributed by atoms with Crippen molar-refractivity contribution in [2.24, 2.45) is 5.73 Å². The molecule has 0 aliphatic rings. The van der Waals surface area contributed by atoms with E-state index in [1.165, 1.54) is 0 Å². The Morgan fingerprint density at radius 2 is 1.71 bits per heavy atom. The smallest absolute Gasteiger partial charge is 0.356 e. The fourth-order valence-corrected chi connectivity index (χ4v) is 3.74. The molecule has 0 saturated heterocycles. The van der Waals surface area contributed by atoms with Crippen LogP contribution in [0.4, 0.5) is 0 Å². The van der Waals surface area contributed by atoms with Crippen molar-refractivity contribution in [1.82, 2.24) is 4.57 Å². The van der Waals surface area contributed by atoms with Crippen molar-refractivity contribution in [3.05, 3.63) is 94.7 Å². The van der Waals surface area contributed by atoms with Crippen LogP contribution in [-0.2, 0) is 13.2 Å². The van der Waals surface area contributed by atoms with Crippen LogP contribution in [0.1, 0.15) is 37.5 Å². The number of aromatic nitrogens is 1. The fourth-order valence-electron chi connectivity index (χ4n) is 3.74. The number of rotatable bonds is 8. The summed E-state index contributed by atoms with van der Waals surface area (Å²) in [6.07, 6.45) is 0. The lowest BCUT2D eigenvalue weighted by Crippen LogP contribution is -2.12. The highest BCUT2D eigenvalue weighted by molar-refractivity contribution is 6.01. The molecule has 0 saturated carbocycles. The molecule has 1 aromatic heterocycles. The van der Waals surface area contributed by atoms with Crippen LogP contribution >= 0.6 is 0 Å². The molecule has 1 amide bonds. The Balaban J connectivity index is 1.78. The Kier molecular flexibility index (Phi) is 6.19. The molecular formula is C26H21N3O5. The molecule has 0 bridgehead atoms. The van der Waals surface area contributed by atoms with Crippen molar-refractivity contribution < 1.29 is 24.2 Å². The lowest BCUT2D eigenvalue weighted by molar-refractivity contribution is 0.0680. The first-order valence-electron chi connectivity index (χ1n) is 10.4. The number of nitriles is 1. The number of nitrogens with two attached hydrogens (primary N) is 1. The number of amides is 1. The highest BCUT2D eigenvalue weighted by Crippen LogP contribution is 2.35. The number of carboxylic acid groups (broad SMARTS) is 1. The van der Waals surface area contributed by atoms with Gasteiger partial charge in [0.2, 0.25) is 5.91 Å². The first-order valence-corrected chi connectivity index (χ1v) is 10.4. The van der Waals surface area contributed by atoms with E-state index in [4.69, 9.17) is 15.2 Å². The number of aromatic carboxylic acids is 1. The number of hydrogen-bond acceptors (Lipinski definition) is 5. The molecule has 0 spiro atoms. The third-order valence-corrected chi connectivity index (χ3v) is 5.47. The lowest BCUT2D eigenvalue weighted by Gasteiger charge is -2.11. The van der Waals surface area contributed by atoms with Crippen LogP contribution in [0.15, 0.2) is 66.7 Å². The number of carbonyl (C=O) groups is 2. The van der Waals surface area contributed by atoms with Crippen LogP contribution in [0.25, 0.3) is 10.9 Å². The summed E-state index contributed by atoms with van der Waals surface area (Å²) < 4.78 is 12.8. The van der Waals surface area contributed by atoms with Crippen LogP contribution in [0, 0.1) is 11.3 Å². The molecule has 0 aliphatic heterocycles. The molecule has 4 aromatic rings. The second kappa shape index (κ2) is 9.38. The van der Waals surface area contributed by atoms with E-state index < -0.39 is 11.9 Å². The van der Waals surface area contributed by atoms with Crippen LogP contribution in [0.2, 0.25) is 0 Å². The van der Waals surface area contributed by atoms with Gasteiger partial charge in [-0.1, -0.05) is 24.3 Å². The molecule has 3 N–H and O–H groups in total. The monoisotopic (exact) mass is 455 g/mol. The minimum atomic E-state index is -1.16. The van der Waals surface area contributed by atoms with Gasteiger partial charge in [0.05, 0.1) is 24.3 Å². The molecule has 4 rings (SSSR count). The zero-order chi connectivity index (χ0) is 24.2. The van der Waals surface area contributed by atoms with E-state index in [0.29, 0.717) is 27.8 Å². The number of carboxylic acids is 1. The summed E-state index contributed by atoms with van der Waals surface area (Å²) in [6.45, 7) is 0.342. The van der Waals surface area contributed by atoms with E-state index in [9.17, 15) is 20.0 Å². The van der Waals surface area contributed by atoms with Crippen molar-refractivity contribution >= 4 is 22.8 Å². The van der Waals surface area contributed by atoms with E-state index in [1.807, 2.05) is 12.1 Å². The van der Waals surface area contributed by atoms with E-state index in [-0.39, 0.29) is 24.6 Å². The average Bonchev–Trinajstić information content (AvgIpc) is 3.15. The third kappa shape index (κ3) is 4.40. The summed E-state index contributed by atoms with van der Waals surface area (Å²) in [5.41, 5.74) is 8.19. The molecule has 8 nitrogen and oxygen atoms in total. The van der Waals surface area contributed by atoms with Crippen molar-refractivity contribution in [2.45, 2.75) is 13.2 Å². The van der Waals surface area contributed by atoms with E-state index >= 15 is 0 Å². The minimum Gasteiger partial charge on any atom is -0.497 e. The number of hydrogen-bond donors (Lipinski definition) is 2. The average molecular weight is 455 g/mol. The minimum absolute atomic E-state index is 0.0300. The predicted octanol–water partition coefficient (Wildman–Crippen LogP) is 3.95. The van der Waals surface area contributed by atoms with Gasteiger partial charge >= 0.3 is 5.97 Å². The molecule has 1 heterocycles. The van der Waals surface area contributed by atoms with Crippen LogP contribution in [-0.4, -0.2) is 28.7 Å². The number of nitrogens with zero attached hydrogens (tertiary/aromatic N) is 2. The van der Waals surface area contributed by atoms with Gasteiger partial charge in [0.15, 0.2) is 11.4 Å². The van der Waals surface area contributed by atoms with Crippen molar-refractivity contribution in [3.63, 3.8) is 0 Å². The summed E-state index contributed by atoms with van der Waals surface area (Å²) in [4.78, 5) is 23.7. The summed E-state index contributed by atoms with van der Waals surface area (Å²) in [5.74, 6) is -0.778. The van der Waals surface area contributed by atoms with Gasteiger partial charge < -0.3 is 24.9 Å². The maximum Gasteiger partial charge on any atom is 0.356 e. The summed E-state index contributed by atoms with van der Waals surface area (Å²) in [6, 6.07) is 20.9. The molecule has 0 aliphatic carbocycles. The summed E-state index contributed by atoms with van der Waals surface area (Å²) >= 11 is 0. The van der Waals surface area contributed by atoms with Gasteiger partial charge in [0, 0.05) is 17.5 Å². The normalized spacial score (nSPS) is 10.6. The molecule has 34 heavy (non-hydrogen) atoms. The van der Waals surface area contributed by atoms with Gasteiger partial charge in [0.25, 0.3) is 0 Å². The zero-order valence-corrected chi connectivity index (χ0v) is 18.3. The molecule has 170 valence electrons. The van der Waals surface area contributed by atoms with Crippen LogP contribution in [0.5, 0.6) is 11.5 Å². The van der Waals surface area contributed by atoms with E-state index in [1.54, 1.807) is 66.3 Å². The van der Waals surface area contributed by atoms with Gasteiger partial charge in [0.1, 0.15) is 12.4 Å². The number of fused-ring (bicyclic) bond motifs is 1. The second-order valence-electron chi connectivity index (χ2n) is 7.61. The third-order valence-electron chi connectivity index (χ3n) is 5.47. The van der Waals surface area contributed by atoms with Gasteiger partial charge in [-0.15, -0.1) is 0 Å². The van der Waals surface area contributed by atoms with Crippen molar-refractivity contribution in [3.8, 4) is 17.6 Å². The first-order chi connectivity index (χ1) is 16.4. The fraction of sp³-hybridized carbons (Fsp3) is 0.115. The summed E-state index contributed by atoms with van der Waals surface area (Å²) in [7, 11) is 1.58. The predicted molar refractivity (Wildman–Crippen MR) is 125 cm³/mol. The SMILES string of the molecule is COc1ccc(COc2c(C(=O)O)n(Cc3ccc(C(N)=O)cc3)c3cc(C#N)ccc23)cc1. The summed E-state index contributed by atoms with van der Waals surface area (Å²) in [5, 5.41) is 20.1. The Bertz CT molecular complexity index is 1410. The Hall–Kier alpha value is -4.77. The molecule has 0 radical (unpaired) electrons. The molecule has 3 aromatic carbocycles. The van der Waals surface area contributed by atoms with Crippen molar-refractivity contribution in [1.29, 1.82) is 5.26 Å². The Morgan fingerprint density at radius 1 is 1.03 bits per heavy atom. The topological polar surface area (TPSA) is 128 Å². The Labute approximate surface area is 195 Å². The highest BCUT2D eigenvalue weighted by atomic mass is 16.5. The molecule has 8 heteroatoms. The number of benzene rings is 3. The zero-order valence-electron chi connectivity index (χ0n) is 18.3. The van der Waals surface area contributed by atoms with Gasteiger partial charge in [-0.2, -0.15) is 5.26 Å². The largest absolute Gasteiger partial charge is 0.497 e. The molecular weight excluding hydrogens is 434 g/mol. The van der Waals surface area contributed by atoms with E-state index in [2.05, 4.69) is 6.07 Å². The van der Waals surface area contributed by atoms with Gasteiger partial charge in [-0.25, -0.2) is 4.79 Å². The maximum atomic E-state index is 12.4. The van der Waals surface area contributed by atoms with Gasteiger partial charge in [-0.05, 0) is 53.6 Å². The lowest BCUT2D eigenvalue weighted by atomic mass is 10.1. The second-order valence-corrected chi connectivity index (χ2v) is 7.61. The molecule has 0 fully saturated rings. The first kappa shape index (κ1) is 22.4. The standard InChI is InChI=1S/C26H21N3O5/c1-33-20-9-4-17(5-10-20)15-34-24-21-11-6-18(13-27)12-22(21)29(23(24)26(31)32)14-16-2-7-19(8-3-16)25(28)30/h2-12H,14-15H2,1H3,(H2,28,30)(H,31,32). The highest BCUT2D eigenvalue weighted by Gasteiger charge is 2.24. The molecule has 0 atom stereocenters. The van der Waals surface area contributed by atoms with Gasteiger partial charge in [-0.3, -0.25) is 4.79 Å². The number of carbonyl (C=O) groups excluding carboxylic acids is 1. The number of primary amides is 1. The maximum absolute atomic E-state index is 12.4. The van der Waals surface area contributed by atoms with Crippen LogP contribution < -0.4 is 15.2 Å². The Morgan fingerprint density at radius 3 is 2.29 bits per heavy atom.